The number of azo groups is 2. The Kier molecular flexibility index (Phi) is 15.6. The Hall–Kier alpha value is -3.64. The van der Waals surface area contributed by atoms with Crippen LogP contribution in [0.4, 0.5) is 39.8 Å². The molecular weight excluding hydrogens is 855 g/mol. The number of nitrogen functional groups attached to an aromatic ring is 3. The van der Waals surface area contributed by atoms with Gasteiger partial charge < -0.3 is 17.2 Å². The maximum Gasteiger partial charge on any atom is 0.296 e. The van der Waals surface area contributed by atoms with Crippen LogP contribution in [0.15, 0.2) is 76.4 Å². The van der Waals surface area contributed by atoms with Gasteiger partial charge in [-0.25, -0.2) is 27.4 Å². The van der Waals surface area contributed by atoms with E-state index in [4.69, 9.17) is 36.1 Å². The van der Waals surface area contributed by atoms with Gasteiger partial charge in [0.2, 0.25) is 0 Å². The van der Waals surface area contributed by atoms with E-state index < -0.39 is 101 Å². The standard InChI is InChI=1S/C23H27N7O18S6/c1-12-19(24)22(29-27-15-4-2-13(10-17(15)53(37,38)39)51(33,34)8-6-43-49-47-45-31)21(26)23(20(12)25)30-28-16-5-3-14(11-18(16)54(40,41)42)52(35,36)9-7-44-50-48-46-32/h2-5,10-11,31-32H,6-9,24-26H2,1H3,(H,37,38,39)(H,40,41,42)/b29-27+,30-28+. The van der Waals surface area contributed by atoms with Gasteiger partial charge in [0.15, 0.2) is 44.3 Å². The first-order valence-electron chi connectivity index (χ1n) is 13.7. The molecule has 0 aromatic heterocycles. The van der Waals surface area contributed by atoms with Crippen molar-refractivity contribution >= 4 is 104 Å². The molecule has 0 spiro atoms. The lowest BCUT2D eigenvalue weighted by Gasteiger charge is -2.13. The fraction of sp³-hybridized carbons (Fsp3) is 0.217. The van der Waals surface area contributed by atoms with Crippen LogP contribution in [0.2, 0.25) is 0 Å². The largest absolute Gasteiger partial charge is 0.397 e. The number of anilines is 3. The van der Waals surface area contributed by atoms with Crippen LogP contribution in [-0.2, 0) is 67.0 Å². The van der Waals surface area contributed by atoms with Crippen molar-refractivity contribution in [2.24, 2.45) is 20.5 Å². The first kappa shape index (κ1) is 44.8. The smallest absolute Gasteiger partial charge is 0.296 e. The summed E-state index contributed by atoms with van der Waals surface area (Å²) in [5.74, 6) is -1.42. The lowest BCUT2D eigenvalue weighted by atomic mass is 10.1. The molecule has 0 heterocycles. The van der Waals surface area contributed by atoms with Gasteiger partial charge in [-0.1, -0.05) is 10.1 Å². The molecular formula is C23H27N7O18S6. The predicted molar refractivity (Wildman–Crippen MR) is 186 cm³/mol. The Morgan fingerprint density at radius 3 is 1.31 bits per heavy atom. The second-order valence-corrected chi connectivity index (χ2v) is 17.9. The van der Waals surface area contributed by atoms with Gasteiger partial charge in [-0.3, -0.25) is 17.5 Å². The minimum absolute atomic E-state index is 0.0765. The number of benzene rings is 3. The predicted octanol–water partition coefficient (Wildman–Crippen LogP) is 3.62. The summed E-state index contributed by atoms with van der Waals surface area (Å²) in [5, 5.41) is 37.9. The van der Waals surface area contributed by atoms with Crippen molar-refractivity contribution in [2.45, 2.75) is 26.5 Å². The number of hydrogen-bond donors (Lipinski definition) is 7. The van der Waals surface area contributed by atoms with E-state index >= 15 is 0 Å². The fourth-order valence-electron chi connectivity index (χ4n) is 3.94. The van der Waals surface area contributed by atoms with Crippen molar-refractivity contribution in [3.05, 3.63) is 42.0 Å². The Labute approximate surface area is 314 Å². The average Bonchev–Trinajstić information content (AvgIpc) is 3.09. The summed E-state index contributed by atoms with van der Waals surface area (Å²) in [4.78, 5) is -3.14. The zero-order chi connectivity index (χ0) is 40.5. The lowest BCUT2D eigenvalue weighted by molar-refractivity contribution is -0.434. The Bertz CT molecular complexity index is 2200. The normalized spacial score (nSPS) is 13.0. The first-order valence-corrected chi connectivity index (χ1v) is 21.2. The van der Waals surface area contributed by atoms with E-state index in [0.29, 0.717) is 12.1 Å². The molecule has 298 valence electrons. The third-order valence-corrected chi connectivity index (χ3v) is 12.4. The number of nitrogens with two attached hydrogens (primary N) is 3. The molecule has 0 saturated carbocycles. The van der Waals surface area contributed by atoms with Crippen LogP contribution in [0, 0.1) is 6.92 Å². The van der Waals surface area contributed by atoms with Crippen molar-refractivity contribution in [3.8, 4) is 0 Å². The molecule has 3 aromatic rings. The van der Waals surface area contributed by atoms with Crippen LogP contribution < -0.4 is 17.2 Å². The topological polar surface area (TPSA) is 400 Å². The second-order valence-electron chi connectivity index (χ2n) is 9.88. The molecule has 0 unspecified atom stereocenters. The molecule has 54 heavy (non-hydrogen) atoms. The Balaban J connectivity index is 2.03. The summed E-state index contributed by atoms with van der Waals surface area (Å²) in [6, 6.07) is 4.86. The Morgan fingerprint density at radius 1 is 0.611 bits per heavy atom. The molecule has 0 aliphatic heterocycles. The van der Waals surface area contributed by atoms with Crippen molar-refractivity contribution < 1.29 is 80.4 Å². The maximum absolute atomic E-state index is 12.7. The van der Waals surface area contributed by atoms with Gasteiger partial charge in [0.25, 0.3) is 20.2 Å². The molecule has 25 nitrogen and oxygen atoms in total. The molecule has 0 aliphatic rings. The van der Waals surface area contributed by atoms with Crippen LogP contribution in [0.25, 0.3) is 0 Å². The monoisotopic (exact) mass is 881 g/mol. The third kappa shape index (κ3) is 11.7. The molecule has 3 rings (SSSR count). The fourth-order valence-corrected chi connectivity index (χ4v) is 8.25. The number of rotatable bonds is 20. The van der Waals surface area contributed by atoms with Gasteiger partial charge in [0.05, 0.1) is 51.6 Å². The second kappa shape index (κ2) is 18.8. The lowest BCUT2D eigenvalue weighted by Crippen LogP contribution is -2.12. The summed E-state index contributed by atoms with van der Waals surface area (Å²) in [6.07, 6.45) is 0. The highest BCUT2D eigenvalue weighted by Crippen LogP contribution is 2.46. The third-order valence-electron chi connectivity index (χ3n) is 6.56. The summed E-state index contributed by atoms with van der Waals surface area (Å²) in [7, 11) is -18.7. The molecule has 0 radical (unpaired) electrons. The molecule has 0 aliphatic carbocycles. The maximum atomic E-state index is 12.7. The summed E-state index contributed by atoms with van der Waals surface area (Å²) >= 11 is 0.214. The van der Waals surface area contributed by atoms with Gasteiger partial charge in [0, 0.05) is 0 Å². The molecule has 0 saturated heterocycles. The van der Waals surface area contributed by atoms with Crippen molar-refractivity contribution in [3.63, 3.8) is 0 Å². The van der Waals surface area contributed by atoms with Crippen LogP contribution in [-0.4, -0.2) is 78.0 Å². The highest BCUT2D eigenvalue weighted by molar-refractivity contribution is 7.92. The summed E-state index contributed by atoms with van der Waals surface area (Å²) < 4.78 is 137. The van der Waals surface area contributed by atoms with E-state index in [-0.39, 0.29) is 53.0 Å². The van der Waals surface area contributed by atoms with Gasteiger partial charge in [-0.2, -0.15) is 16.8 Å². The van der Waals surface area contributed by atoms with Gasteiger partial charge >= 0.3 is 0 Å². The zero-order valence-electron chi connectivity index (χ0n) is 26.8. The van der Waals surface area contributed by atoms with Crippen LogP contribution in [0.3, 0.4) is 0 Å². The molecule has 0 bridgehead atoms. The molecule has 10 N–H and O–H groups in total. The quantitative estimate of drug-likeness (QED) is 0.0162. The average molecular weight is 882 g/mol. The highest BCUT2D eigenvalue weighted by Gasteiger charge is 2.25. The van der Waals surface area contributed by atoms with Crippen molar-refractivity contribution in [1.82, 2.24) is 0 Å². The minimum Gasteiger partial charge on any atom is -0.397 e. The molecule has 31 heteroatoms. The van der Waals surface area contributed by atoms with Gasteiger partial charge in [-0.15, -0.1) is 29.1 Å². The minimum atomic E-state index is -5.14. The molecule has 0 amide bonds. The summed E-state index contributed by atoms with van der Waals surface area (Å²) in [5.41, 5.74) is 15.7. The number of hydrogen-bond acceptors (Lipinski definition) is 25. The van der Waals surface area contributed by atoms with E-state index in [1.165, 1.54) is 6.92 Å². The van der Waals surface area contributed by atoms with Crippen molar-refractivity contribution in [2.75, 3.05) is 41.9 Å². The van der Waals surface area contributed by atoms with Gasteiger partial charge in [0.1, 0.15) is 32.5 Å². The highest BCUT2D eigenvalue weighted by atomic mass is 32.2. The SMILES string of the molecule is Cc1c(N)c(/N=N/c2ccc(S(=O)(=O)CCOSOOO)cc2S(=O)(=O)O)c(N)c(/N=N/c2ccc(S(=O)(=O)CCOSOOO)cc2S(=O)(=O)O)c1N. The van der Waals surface area contributed by atoms with Crippen molar-refractivity contribution in [1.29, 1.82) is 0 Å². The molecule has 0 fully saturated rings. The van der Waals surface area contributed by atoms with E-state index in [2.05, 4.69) is 39.2 Å². The molecule has 3 aromatic carbocycles. The zero-order valence-corrected chi connectivity index (χ0v) is 31.7. The van der Waals surface area contributed by atoms with E-state index in [1.807, 2.05) is 0 Å². The van der Waals surface area contributed by atoms with E-state index in [9.17, 15) is 42.8 Å². The number of sulfone groups is 2. The number of nitrogens with zero attached hydrogens (tertiary/aromatic N) is 4. The van der Waals surface area contributed by atoms with Crippen LogP contribution >= 0.6 is 24.6 Å². The van der Waals surface area contributed by atoms with Crippen LogP contribution in [0.1, 0.15) is 5.56 Å². The van der Waals surface area contributed by atoms with E-state index in [0.717, 1.165) is 24.3 Å². The van der Waals surface area contributed by atoms with Gasteiger partial charge in [-0.05, 0) is 48.9 Å². The molecule has 0 atom stereocenters. The van der Waals surface area contributed by atoms with E-state index in [1.54, 1.807) is 0 Å². The summed E-state index contributed by atoms with van der Waals surface area (Å²) in [6.45, 7) is 0.368. The first-order chi connectivity index (χ1) is 25.2. The van der Waals surface area contributed by atoms with Crippen LogP contribution in [0.5, 0.6) is 0 Å². The Morgan fingerprint density at radius 2 is 0.981 bits per heavy atom.